The maximum Gasteiger partial charge on any atom is 0.227 e. The fourth-order valence-corrected chi connectivity index (χ4v) is 5.48. The molecule has 1 saturated carbocycles. The summed E-state index contributed by atoms with van der Waals surface area (Å²) in [4.78, 5) is 21.9. The van der Waals surface area contributed by atoms with Gasteiger partial charge in [-0.3, -0.25) is 4.79 Å². The van der Waals surface area contributed by atoms with Crippen molar-refractivity contribution in [3.63, 3.8) is 0 Å². The van der Waals surface area contributed by atoms with E-state index in [0.29, 0.717) is 31.7 Å². The van der Waals surface area contributed by atoms with Crippen molar-refractivity contribution >= 4 is 21.6 Å². The van der Waals surface area contributed by atoms with E-state index in [2.05, 4.69) is 9.97 Å². The van der Waals surface area contributed by atoms with Gasteiger partial charge < -0.3 is 4.90 Å². The molecule has 7 nitrogen and oxygen atoms in total. The highest BCUT2D eigenvalue weighted by Crippen LogP contribution is 2.44. The molecule has 22 heavy (non-hydrogen) atoms. The van der Waals surface area contributed by atoms with Crippen molar-refractivity contribution in [1.29, 1.82) is 0 Å². The average molecular weight is 322 g/mol. The summed E-state index contributed by atoms with van der Waals surface area (Å²) in [7, 11) is -3.15. The number of rotatable bonds is 3. The molecule has 1 aromatic rings. The van der Waals surface area contributed by atoms with Gasteiger partial charge in [-0.15, -0.1) is 0 Å². The molecule has 3 aliphatic rings. The molecule has 118 valence electrons. The third-order valence-electron chi connectivity index (χ3n) is 4.89. The van der Waals surface area contributed by atoms with Gasteiger partial charge in [-0.2, -0.15) is 0 Å². The summed E-state index contributed by atoms with van der Waals surface area (Å²) in [5.74, 6) is 0.0282. The van der Waals surface area contributed by atoms with Gasteiger partial charge in [-0.05, 0) is 19.3 Å². The Morgan fingerprint density at radius 3 is 2.59 bits per heavy atom. The summed E-state index contributed by atoms with van der Waals surface area (Å²) in [5, 5.41) is -0.182. The van der Waals surface area contributed by atoms with E-state index in [1.807, 2.05) is 0 Å². The van der Waals surface area contributed by atoms with Crippen LogP contribution in [0.3, 0.4) is 0 Å². The lowest BCUT2D eigenvalue weighted by atomic mass is 9.86. The number of amides is 1. The normalized spacial score (nSPS) is 29.6. The predicted octanol–water partition coefficient (Wildman–Crippen LogP) is 0.398. The second kappa shape index (κ2) is 4.73. The van der Waals surface area contributed by atoms with Gasteiger partial charge in [-0.1, -0.05) is 0 Å². The molecule has 0 aromatic carbocycles. The summed E-state index contributed by atoms with van der Waals surface area (Å²) in [5.41, 5.74) is 0.433. The highest BCUT2D eigenvalue weighted by Gasteiger charge is 2.52. The maximum absolute atomic E-state index is 12.4. The highest BCUT2D eigenvalue weighted by atomic mass is 32.2. The number of nitrogens with zero attached hydrogens (tertiary/aromatic N) is 4. The Labute approximate surface area is 129 Å². The molecule has 1 atom stereocenters. The molecule has 2 saturated heterocycles. The Kier molecular flexibility index (Phi) is 3.02. The highest BCUT2D eigenvalue weighted by molar-refractivity contribution is 7.90. The van der Waals surface area contributed by atoms with Crippen LogP contribution in [0.5, 0.6) is 0 Å². The van der Waals surface area contributed by atoms with Crippen molar-refractivity contribution in [2.45, 2.75) is 30.9 Å². The number of sulfonamides is 1. The van der Waals surface area contributed by atoms with Crippen molar-refractivity contribution in [2.24, 2.45) is 5.41 Å². The monoisotopic (exact) mass is 322 g/mol. The van der Waals surface area contributed by atoms with E-state index in [-0.39, 0.29) is 16.6 Å². The zero-order valence-corrected chi connectivity index (χ0v) is 13.0. The van der Waals surface area contributed by atoms with Crippen LogP contribution in [0.15, 0.2) is 18.7 Å². The molecule has 1 aliphatic carbocycles. The number of hydrogen-bond acceptors (Lipinski definition) is 5. The summed E-state index contributed by atoms with van der Waals surface area (Å²) in [6, 6.07) is 0. The number of anilines is 1. The molecule has 4 rings (SSSR count). The average Bonchev–Trinajstić information content (AvgIpc) is 3.22. The van der Waals surface area contributed by atoms with Gasteiger partial charge in [0.15, 0.2) is 0 Å². The van der Waals surface area contributed by atoms with Crippen LogP contribution in [0.1, 0.15) is 25.7 Å². The maximum atomic E-state index is 12.4. The zero-order valence-electron chi connectivity index (χ0n) is 12.2. The minimum Gasteiger partial charge on any atom is -0.309 e. The second-order valence-corrected chi connectivity index (χ2v) is 8.79. The lowest BCUT2D eigenvalue weighted by Gasteiger charge is -2.23. The largest absolute Gasteiger partial charge is 0.309 e. The standard InChI is InChI=1S/C14H18N4O3S/c19-13-5-14(9-18(13)11-6-15-10-16-7-11)3-4-17(8-14)22(20,21)12-1-2-12/h6-7,10,12H,1-5,8-9H2/t14-/m0/s1. The van der Waals surface area contributed by atoms with E-state index < -0.39 is 10.0 Å². The fourth-order valence-electron chi connectivity index (χ4n) is 3.52. The molecule has 1 spiro atoms. The third kappa shape index (κ3) is 2.21. The Balaban J connectivity index is 1.54. The van der Waals surface area contributed by atoms with Crippen LogP contribution in [0.25, 0.3) is 0 Å². The van der Waals surface area contributed by atoms with Gasteiger partial charge in [-0.25, -0.2) is 22.7 Å². The van der Waals surface area contributed by atoms with Gasteiger partial charge >= 0.3 is 0 Å². The molecule has 3 heterocycles. The van der Waals surface area contributed by atoms with E-state index in [0.717, 1.165) is 19.3 Å². The molecular formula is C14H18N4O3S. The topological polar surface area (TPSA) is 83.5 Å². The number of hydrogen-bond donors (Lipinski definition) is 0. The molecule has 2 aliphatic heterocycles. The summed E-state index contributed by atoms with van der Waals surface area (Å²) in [6.07, 6.45) is 7.37. The SMILES string of the molecule is O=C1C[C@]2(CCN(S(=O)(=O)C3CC3)C2)CN1c1cncnc1. The minimum atomic E-state index is -3.15. The van der Waals surface area contributed by atoms with E-state index >= 15 is 0 Å². The van der Waals surface area contributed by atoms with Crippen LogP contribution in [0.4, 0.5) is 5.69 Å². The third-order valence-corrected chi connectivity index (χ3v) is 7.23. The molecule has 1 amide bonds. The Hall–Kier alpha value is -1.54. The number of carbonyl (C=O) groups is 1. The first-order chi connectivity index (χ1) is 10.5. The molecule has 0 N–H and O–H groups in total. The van der Waals surface area contributed by atoms with Crippen molar-refractivity contribution < 1.29 is 13.2 Å². The van der Waals surface area contributed by atoms with E-state index in [1.54, 1.807) is 21.6 Å². The van der Waals surface area contributed by atoms with Crippen LogP contribution in [-0.2, 0) is 14.8 Å². The van der Waals surface area contributed by atoms with Crippen molar-refractivity contribution in [1.82, 2.24) is 14.3 Å². The van der Waals surface area contributed by atoms with Crippen LogP contribution in [0, 0.1) is 5.41 Å². The Morgan fingerprint density at radius 2 is 1.91 bits per heavy atom. The smallest absolute Gasteiger partial charge is 0.227 e. The van der Waals surface area contributed by atoms with Gasteiger partial charge in [0.2, 0.25) is 15.9 Å². The van der Waals surface area contributed by atoms with Crippen molar-refractivity contribution in [2.75, 3.05) is 24.5 Å². The lowest BCUT2D eigenvalue weighted by molar-refractivity contribution is -0.117. The van der Waals surface area contributed by atoms with Crippen LogP contribution in [0.2, 0.25) is 0 Å². The molecule has 8 heteroatoms. The second-order valence-electron chi connectivity index (χ2n) is 6.58. The van der Waals surface area contributed by atoms with Crippen LogP contribution >= 0.6 is 0 Å². The van der Waals surface area contributed by atoms with E-state index in [1.165, 1.54) is 6.33 Å². The summed E-state index contributed by atoms with van der Waals surface area (Å²) < 4.78 is 26.4. The molecular weight excluding hydrogens is 304 g/mol. The van der Waals surface area contributed by atoms with Crippen LogP contribution < -0.4 is 4.90 Å². The van der Waals surface area contributed by atoms with Crippen LogP contribution in [-0.4, -0.2) is 53.5 Å². The molecule has 0 bridgehead atoms. The summed E-state index contributed by atoms with van der Waals surface area (Å²) >= 11 is 0. The molecule has 0 unspecified atom stereocenters. The first-order valence-electron chi connectivity index (χ1n) is 7.55. The molecule has 0 radical (unpaired) electrons. The molecule has 3 fully saturated rings. The summed E-state index contributed by atoms with van der Waals surface area (Å²) in [6.45, 7) is 1.54. The quantitative estimate of drug-likeness (QED) is 0.804. The number of aromatic nitrogens is 2. The first kappa shape index (κ1) is 14.1. The lowest BCUT2D eigenvalue weighted by Crippen LogP contribution is -2.35. The Morgan fingerprint density at radius 1 is 1.18 bits per heavy atom. The van der Waals surface area contributed by atoms with Gasteiger partial charge in [0.05, 0.1) is 23.3 Å². The van der Waals surface area contributed by atoms with Gasteiger partial charge in [0, 0.05) is 31.5 Å². The molecule has 1 aromatic heterocycles. The predicted molar refractivity (Wildman–Crippen MR) is 79.6 cm³/mol. The van der Waals surface area contributed by atoms with Gasteiger partial charge in [0.1, 0.15) is 6.33 Å². The van der Waals surface area contributed by atoms with Crippen molar-refractivity contribution in [3.8, 4) is 0 Å². The fraction of sp³-hybridized carbons (Fsp3) is 0.643. The van der Waals surface area contributed by atoms with Gasteiger partial charge in [0.25, 0.3) is 0 Å². The van der Waals surface area contributed by atoms with Crippen molar-refractivity contribution in [3.05, 3.63) is 18.7 Å². The zero-order chi connectivity index (χ0) is 15.4. The number of carbonyl (C=O) groups excluding carboxylic acids is 1. The van der Waals surface area contributed by atoms with E-state index in [9.17, 15) is 13.2 Å². The minimum absolute atomic E-state index is 0.0282. The Bertz CT molecular complexity index is 704. The van der Waals surface area contributed by atoms with E-state index in [4.69, 9.17) is 0 Å². The first-order valence-corrected chi connectivity index (χ1v) is 9.05.